The Morgan fingerprint density at radius 3 is 2.65 bits per heavy atom. The van der Waals surface area contributed by atoms with E-state index < -0.39 is 0 Å². The lowest BCUT2D eigenvalue weighted by Gasteiger charge is -2.27. The molecule has 1 heterocycles. The zero-order valence-electron chi connectivity index (χ0n) is 11.7. The highest BCUT2D eigenvalue weighted by Crippen LogP contribution is 2.28. The second-order valence-electron chi connectivity index (χ2n) is 5.24. The van der Waals surface area contributed by atoms with Crippen molar-refractivity contribution >= 4 is 29.1 Å². The van der Waals surface area contributed by atoms with Crippen molar-refractivity contribution < 1.29 is 4.79 Å². The van der Waals surface area contributed by atoms with Crippen molar-refractivity contribution in [2.75, 3.05) is 26.2 Å². The van der Waals surface area contributed by atoms with Gasteiger partial charge in [0.25, 0.3) is 0 Å². The SMILES string of the molecule is CC(CCC(=O)N1CCNCC1)c1ccc(Cl)c(Cl)c1. The fourth-order valence-electron chi connectivity index (χ4n) is 2.40. The third-order valence-corrected chi connectivity index (χ3v) is 4.51. The molecule has 1 aliphatic rings. The number of nitrogens with zero attached hydrogens (tertiary/aromatic N) is 1. The number of amides is 1. The molecule has 1 unspecified atom stereocenters. The van der Waals surface area contributed by atoms with E-state index in [9.17, 15) is 4.79 Å². The molecule has 1 saturated heterocycles. The predicted octanol–water partition coefficient (Wildman–Crippen LogP) is 3.31. The average Bonchev–Trinajstić information content (AvgIpc) is 2.48. The Labute approximate surface area is 130 Å². The maximum atomic E-state index is 12.1. The molecule has 1 N–H and O–H groups in total. The van der Waals surface area contributed by atoms with Gasteiger partial charge in [-0.2, -0.15) is 0 Å². The summed E-state index contributed by atoms with van der Waals surface area (Å²) in [6.07, 6.45) is 1.42. The summed E-state index contributed by atoms with van der Waals surface area (Å²) in [7, 11) is 0. The lowest BCUT2D eigenvalue weighted by Crippen LogP contribution is -2.46. The Kier molecular flexibility index (Phi) is 5.70. The third kappa shape index (κ3) is 4.11. The summed E-state index contributed by atoms with van der Waals surface area (Å²) >= 11 is 11.9. The summed E-state index contributed by atoms with van der Waals surface area (Å²) in [5.41, 5.74) is 1.13. The fraction of sp³-hybridized carbons (Fsp3) is 0.533. The van der Waals surface area contributed by atoms with Crippen molar-refractivity contribution in [2.24, 2.45) is 0 Å². The molecule has 0 radical (unpaired) electrons. The largest absolute Gasteiger partial charge is 0.340 e. The highest BCUT2D eigenvalue weighted by molar-refractivity contribution is 6.42. The first-order valence-corrected chi connectivity index (χ1v) is 7.77. The van der Waals surface area contributed by atoms with E-state index in [0.717, 1.165) is 38.2 Å². The van der Waals surface area contributed by atoms with Gasteiger partial charge in [0.1, 0.15) is 0 Å². The van der Waals surface area contributed by atoms with Crippen LogP contribution in [0.5, 0.6) is 0 Å². The molecule has 5 heteroatoms. The normalized spacial score (nSPS) is 17.1. The highest BCUT2D eigenvalue weighted by atomic mass is 35.5. The predicted molar refractivity (Wildman–Crippen MR) is 83.6 cm³/mol. The van der Waals surface area contributed by atoms with E-state index in [-0.39, 0.29) is 5.91 Å². The number of rotatable bonds is 4. The van der Waals surface area contributed by atoms with Gasteiger partial charge in [0.05, 0.1) is 10.0 Å². The maximum absolute atomic E-state index is 12.1. The van der Waals surface area contributed by atoms with Crippen LogP contribution in [-0.2, 0) is 4.79 Å². The zero-order chi connectivity index (χ0) is 14.5. The summed E-state index contributed by atoms with van der Waals surface area (Å²) < 4.78 is 0. The van der Waals surface area contributed by atoms with E-state index in [1.54, 1.807) is 0 Å². The van der Waals surface area contributed by atoms with Crippen molar-refractivity contribution in [3.8, 4) is 0 Å². The molecule has 1 atom stereocenters. The van der Waals surface area contributed by atoms with Crippen LogP contribution in [-0.4, -0.2) is 37.0 Å². The smallest absolute Gasteiger partial charge is 0.222 e. The summed E-state index contributed by atoms with van der Waals surface area (Å²) in [6, 6.07) is 5.69. The Morgan fingerprint density at radius 2 is 2.00 bits per heavy atom. The van der Waals surface area contributed by atoms with E-state index >= 15 is 0 Å². The number of halogens is 2. The van der Waals surface area contributed by atoms with Crippen molar-refractivity contribution in [1.29, 1.82) is 0 Å². The Morgan fingerprint density at radius 1 is 1.30 bits per heavy atom. The van der Waals surface area contributed by atoms with Crippen molar-refractivity contribution in [2.45, 2.75) is 25.7 Å². The monoisotopic (exact) mass is 314 g/mol. The minimum Gasteiger partial charge on any atom is -0.340 e. The van der Waals surface area contributed by atoms with Crippen LogP contribution in [0.15, 0.2) is 18.2 Å². The third-order valence-electron chi connectivity index (χ3n) is 3.77. The number of hydrogen-bond acceptors (Lipinski definition) is 2. The number of benzene rings is 1. The van der Waals surface area contributed by atoms with Crippen LogP contribution in [0.1, 0.15) is 31.2 Å². The first kappa shape index (κ1) is 15.6. The van der Waals surface area contributed by atoms with Gasteiger partial charge in [-0.25, -0.2) is 0 Å². The van der Waals surface area contributed by atoms with E-state index in [0.29, 0.717) is 22.4 Å². The molecule has 20 heavy (non-hydrogen) atoms. The fourth-order valence-corrected chi connectivity index (χ4v) is 2.70. The van der Waals surface area contributed by atoms with Gasteiger partial charge >= 0.3 is 0 Å². The lowest BCUT2D eigenvalue weighted by atomic mass is 9.96. The van der Waals surface area contributed by atoms with Gasteiger partial charge in [-0.3, -0.25) is 4.79 Å². The molecule has 0 bridgehead atoms. The van der Waals surface area contributed by atoms with Gasteiger partial charge in [-0.05, 0) is 30.0 Å². The second-order valence-corrected chi connectivity index (χ2v) is 6.06. The Balaban J connectivity index is 1.86. The number of carbonyl (C=O) groups excluding carboxylic acids is 1. The molecule has 110 valence electrons. The molecular formula is C15H20Cl2N2O. The molecule has 3 nitrogen and oxygen atoms in total. The number of carbonyl (C=O) groups is 1. The molecule has 2 rings (SSSR count). The first-order chi connectivity index (χ1) is 9.58. The van der Waals surface area contributed by atoms with Crippen LogP contribution in [0.3, 0.4) is 0 Å². The molecule has 0 saturated carbocycles. The van der Waals surface area contributed by atoms with Gasteiger partial charge in [-0.15, -0.1) is 0 Å². The molecule has 1 aliphatic heterocycles. The van der Waals surface area contributed by atoms with E-state index in [2.05, 4.69) is 12.2 Å². The average molecular weight is 315 g/mol. The van der Waals surface area contributed by atoms with Crippen LogP contribution < -0.4 is 5.32 Å². The quantitative estimate of drug-likeness (QED) is 0.924. The van der Waals surface area contributed by atoms with Crippen LogP contribution in [0.4, 0.5) is 0 Å². The topological polar surface area (TPSA) is 32.3 Å². The van der Waals surface area contributed by atoms with Gasteiger partial charge < -0.3 is 10.2 Å². The number of hydrogen-bond donors (Lipinski definition) is 1. The van der Waals surface area contributed by atoms with Gasteiger partial charge in [0.2, 0.25) is 5.91 Å². The van der Waals surface area contributed by atoms with Crippen molar-refractivity contribution in [3.63, 3.8) is 0 Å². The standard InChI is InChI=1S/C15H20Cl2N2O/c1-11(12-3-4-13(16)14(17)10-12)2-5-15(20)19-8-6-18-7-9-19/h3-4,10-11,18H,2,5-9H2,1H3. The van der Waals surface area contributed by atoms with Crippen LogP contribution in [0, 0.1) is 0 Å². The van der Waals surface area contributed by atoms with E-state index in [1.807, 2.05) is 23.1 Å². The molecule has 0 aromatic heterocycles. The summed E-state index contributed by atoms with van der Waals surface area (Å²) in [6.45, 7) is 5.55. The number of piperazine rings is 1. The Hall–Kier alpha value is -0.770. The van der Waals surface area contributed by atoms with Gasteiger partial charge in [0, 0.05) is 32.6 Å². The van der Waals surface area contributed by atoms with E-state index in [1.165, 1.54) is 0 Å². The van der Waals surface area contributed by atoms with Crippen molar-refractivity contribution in [1.82, 2.24) is 10.2 Å². The van der Waals surface area contributed by atoms with Crippen LogP contribution in [0.2, 0.25) is 10.0 Å². The molecule has 0 aliphatic carbocycles. The van der Waals surface area contributed by atoms with Crippen LogP contribution in [0.25, 0.3) is 0 Å². The molecule has 1 fully saturated rings. The zero-order valence-corrected chi connectivity index (χ0v) is 13.2. The molecule has 0 spiro atoms. The van der Waals surface area contributed by atoms with Crippen molar-refractivity contribution in [3.05, 3.63) is 33.8 Å². The molecule has 1 aromatic carbocycles. The highest BCUT2D eigenvalue weighted by Gasteiger charge is 2.17. The molecular weight excluding hydrogens is 295 g/mol. The summed E-state index contributed by atoms with van der Waals surface area (Å²) in [4.78, 5) is 14.0. The minimum atomic E-state index is 0.249. The van der Waals surface area contributed by atoms with E-state index in [4.69, 9.17) is 23.2 Å². The number of nitrogens with one attached hydrogen (secondary N) is 1. The second kappa shape index (κ2) is 7.30. The molecule has 1 amide bonds. The van der Waals surface area contributed by atoms with Gasteiger partial charge in [0.15, 0.2) is 0 Å². The minimum absolute atomic E-state index is 0.249. The summed E-state index contributed by atoms with van der Waals surface area (Å²) in [5.74, 6) is 0.551. The lowest BCUT2D eigenvalue weighted by molar-refractivity contribution is -0.131. The van der Waals surface area contributed by atoms with Crippen LogP contribution >= 0.6 is 23.2 Å². The maximum Gasteiger partial charge on any atom is 0.222 e. The summed E-state index contributed by atoms with van der Waals surface area (Å²) in [5, 5.41) is 4.39. The molecule has 1 aromatic rings. The Bertz CT molecular complexity index is 473. The first-order valence-electron chi connectivity index (χ1n) is 7.01. The van der Waals surface area contributed by atoms with Gasteiger partial charge in [-0.1, -0.05) is 36.2 Å².